The molecular formula is C18H27N3O3. The molecule has 0 saturated carbocycles. The Kier molecular flexibility index (Phi) is 5.89. The van der Waals surface area contributed by atoms with Crippen molar-refractivity contribution in [2.75, 3.05) is 6.54 Å². The van der Waals surface area contributed by atoms with Gasteiger partial charge in [-0.1, -0.05) is 0 Å². The third-order valence-electron chi connectivity index (χ3n) is 3.87. The van der Waals surface area contributed by atoms with Crippen LogP contribution in [0.2, 0.25) is 0 Å². The maximum Gasteiger partial charge on any atom is 0.410 e. The van der Waals surface area contributed by atoms with E-state index in [2.05, 4.69) is 16.9 Å². The lowest BCUT2D eigenvalue weighted by Crippen LogP contribution is -2.40. The molecule has 0 aliphatic carbocycles. The normalized spacial score (nSPS) is 14.0. The molecule has 1 aliphatic rings. The summed E-state index contributed by atoms with van der Waals surface area (Å²) in [5, 5.41) is 14.4. The van der Waals surface area contributed by atoms with Crippen LogP contribution < -0.4 is 0 Å². The molecule has 6 nitrogen and oxygen atoms in total. The highest BCUT2D eigenvalue weighted by atomic mass is 16.6. The zero-order valence-electron chi connectivity index (χ0n) is 15.1. The van der Waals surface area contributed by atoms with Crippen LogP contribution in [0, 0.1) is 11.8 Å². The van der Waals surface area contributed by atoms with Gasteiger partial charge in [0.15, 0.2) is 0 Å². The van der Waals surface area contributed by atoms with Gasteiger partial charge in [-0.2, -0.15) is 5.10 Å². The molecule has 1 aliphatic heterocycles. The fraction of sp³-hybridized carbons (Fsp3) is 0.667. The van der Waals surface area contributed by atoms with E-state index >= 15 is 0 Å². The van der Waals surface area contributed by atoms with E-state index in [-0.39, 0.29) is 12.7 Å². The highest BCUT2D eigenvalue weighted by molar-refractivity contribution is 5.68. The number of rotatable bonds is 4. The maximum absolute atomic E-state index is 12.3. The lowest BCUT2D eigenvalue weighted by molar-refractivity contribution is 0.0222. The number of fused-ring (bicyclic) bond motifs is 1. The van der Waals surface area contributed by atoms with Crippen LogP contribution in [0.3, 0.4) is 0 Å². The van der Waals surface area contributed by atoms with Crippen molar-refractivity contribution in [2.24, 2.45) is 0 Å². The molecule has 0 aromatic carbocycles. The minimum atomic E-state index is -0.512. The third kappa shape index (κ3) is 4.51. The molecule has 2 heterocycles. The van der Waals surface area contributed by atoms with Crippen LogP contribution in [0.4, 0.5) is 4.79 Å². The fourth-order valence-corrected chi connectivity index (χ4v) is 2.77. The summed E-state index contributed by atoms with van der Waals surface area (Å²) in [5.74, 6) is 5.92. The molecule has 0 fully saturated rings. The number of aliphatic hydroxyl groups excluding tert-OH is 1. The van der Waals surface area contributed by atoms with Crippen molar-refractivity contribution in [2.45, 2.75) is 72.3 Å². The van der Waals surface area contributed by atoms with Crippen molar-refractivity contribution in [3.63, 3.8) is 0 Å². The number of amides is 1. The first kappa shape index (κ1) is 18.3. The molecule has 1 amide bonds. The minimum absolute atomic E-state index is 0.0794. The van der Waals surface area contributed by atoms with Crippen molar-refractivity contribution in [1.82, 2.24) is 14.7 Å². The van der Waals surface area contributed by atoms with E-state index in [4.69, 9.17) is 4.74 Å². The quantitative estimate of drug-likeness (QED) is 0.679. The monoisotopic (exact) mass is 333 g/mol. The second-order valence-electron chi connectivity index (χ2n) is 6.94. The molecule has 0 atom stereocenters. The summed E-state index contributed by atoms with van der Waals surface area (Å²) in [5.41, 5.74) is 2.21. The fourth-order valence-electron chi connectivity index (χ4n) is 2.77. The van der Waals surface area contributed by atoms with E-state index in [9.17, 15) is 9.90 Å². The molecule has 1 aromatic rings. The Hall–Kier alpha value is -2.00. The van der Waals surface area contributed by atoms with E-state index in [0.29, 0.717) is 19.5 Å². The predicted octanol–water partition coefficient (Wildman–Crippen LogP) is 2.47. The van der Waals surface area contributed by atoms with Gasteiger partial charge >= 0.3 is 6.09 Å². The minimum Gasteiger partial charge on any atom is -0.444 e. The summed E-state index contributed by atoms with van der Waals surface area (Å²) < 4.78 is 7.31. The van der Waals surface area contributed by atoms with Crippen molar-refractivity contribution < 1.29 is 14.6 Å². The Balaban J connectivity index is 2.10. The number of carbonyl (C=O) groups is 1. The number of aliphatic hydroxyl groups is 1. The molecule has 6 heteroatoms. The van der Waals surface area contributed by atoms with Crippen LogP contribution >= 0.6 is 0 Å². The molecule has 0 bridgehead atoms. The summed E-state index contributed by atoms with van der Waals surface area (Å²) in [6.07, 6.45) is 2.08. The van der Waals surface area contributed by atoms with Gasteiger partial charge in [0.25, 0.3) is 0 Å². The van der Waals surface area contributed by atoms with Crippen LogP contribution in [0.1, 0.15) is 57.5 Å². The molecule has 0 spiro atoms. The first-order chi connectivity index (χ1) is 11.4. The number of aromatic nitrogens is 2. The number of hydrogen-bond acceptors (Lipinski definition) is 4. The Bertz CT molecular complexity index is 647. The van der Waals surface area contributed by atoms with E-state index in [1.54, 1.807) is 4.90 Å². The molecule has 0 radical (unpaired) electrons. The predicted molar refractivity (Wildman–Crippen MR) is 91.2 cm³/mol. The van der Waals surface area contributed by atoms with Gasteiger partial charge in [0.1, 0.15) is 5.60 Å². The first-order valence-electron chi connectivity index (χ1n) is 8.41. The van der Waals surface area contributed by atoms with E-state index in [1.165, 1.54) is 0 Å². The number of nitrogens with zero attached hydrogens (tertiary/aromatic N) is 3. The standard InChI is InChI=1S/C18H27N3O3/c1-5-6-7-8-10-21-16(13-22)14-12-20(11-9-15(14)19-21)17(23)24-18(2,3)4/h22H,7-13H2,1-4H3. The van der Waals surface area contributed by atoms with Gasteiger partial charge in [0.05, 0.1) is 24.5 Å². The summed E-state index contributed by atoms with van der Waals surface area (Å²) in [4.78, 5) is 14.0. The molecular weight excluding hydrogens is 306 g/mol. The molecule has 24 heavy (non-hydrogen) atoms. The topological polar surface area (TPSA) is 67.6 Å². The molecule has 1 aromatic heterocycles. The van der Waals surface area contributed by atoms with Gasteiger partial charge in [-0.25, -0.2) is 4.79 Å². The van der Waals surface area contributed by atoms with Gasteiger partial charge in [0.2, 0.25) is 0 Å². The molecule has 1 N–H and O–H groups in total. The van der Waals surface area contributed by atoms with Crippen LogP contribution in [0.25, 0.3) is 0 Å². The van der Waals surface area contributed by atoms with Crippen molar-refractivity contribution in [1.29, 1.82) is 0 Å². The van der Waals surface area contributed by atoms with Gasteiger partial charge in [-0.05, 0) is 34.1 Å². The number of hydrogen-bond donors (Lipinski definition) is 1. The first-order valence-corrected chi connectivity index (χ1v) is 8.41. The Morgan fingerprint density at radius 1 is 1.42 bits per heavy atom. The van der Waals surface area contributed by atoms with Gasteiger partial charge in [-0.15, -0.1) is 11.8 Å². The van der Waals surface area contributed by atoms with Crippen LogP contribution in [-0.4, -0.2) is 38.0 Å². The summed E-state index contributed by atoms with van der Waals surface area (Å²) in [7, 11) is 0. The van der Waals surface area contributed by atoms with Crippen molar-refractivity contribution in [3.8, 4) is 11.8 Å². The largest absolute Gasteiger partial charge is 0.444 e. The van der Waals surface area contributed by atoms with Crippen LogP contribution in [0.15, 0.2) is 0 Å². The summed E-state index contributed by atoms with van der Waals surface area (Å²) in [6.45, 7) is 9.08. The van der Waals surface area contributed by atoms with Gasteiger partial charge in [0, 0.05) is 31.5 Å². The average Bonchev–Trinajstić information content (AvgIpc) is 2.86. The third-order valence-corrected chi connectivity index (χ3v) is 3.87. The molecule has 132 valence electrons. The SMILES string of the molecule is CC#CCCCn1nc2c(c1CO)CN(C(=O)OC(C)(C)C)CC2. The number of unbranched alkanes of at least 4 members (excludes halogenated alkanes) is 1. The summed E-state index contributed by atoms with van der Waals surface area (Å²) in [6, 6.07) is 0. The van der Waals surface area contributed by atoms with E-state index in [1.807, 2.05) is 32.4 Å². The number of carbonyl (C=O) groups excluding carboxylic acids is 1. The second kappa shape index (κ2) is 7.71. The second-order valence-corrected chi connectivity index (χ2v) is 6.94. The highest BCUT2D eigenvalue weighted by Crippen LogP contribution is 2.24. The Morgan fingerprint density at radius 2 is 2.17 bits per heavy atom. The van der Waals surface area contributed by atoms with Crippen molar-refractivity contribution >= 4 is 6.09 Å². The lowest BCUT2D eigenvalue weighted by atomic mass is 10.1. The number of aryl methyl sites for hydroxylation is 1. The molecule has 0 unspecified atom stereocenters. The zero-order valence-corrected chi connectivity index (χ0v) is 15.1. The van der Waals surface area contributed by atoms with Crippen molar-refractivity contribution in [3.05, 3.63) is 17.0 Å². The number of ether oxygens (including phenoxy) is 1. The average molecular weight is 333 g/mol. The van der Waals surface area contributed by atoms with E-state index in [0.717, 1.165) is 36.3 Å². The molecule has 0 saturated heterocycles. The van der Waals surface area contributed by atoms with Crippen LogP contribution in [0.5, 0.6) is 0 Å². The smallest absolute Gasteiger partial charge is 0.410 e. The molecule has 2 rings (SSSR count). The summed E-state index contributed by atoms with van der Waals surface area (Å²) >= 11 is 0. The lowest BCUT2D eigenvalue weighted by Gasteiger charge is -2.29. The Morgan fingerprint density at radius 3 is 2.79 bits per heavy atom. The van der Waals surface area contributed by atoms with Crippen LogP contribution in [-0.2, 0) is 30.9 Å². The van der Waals surface area contributed by atoms with Gasteiger partial charge in [-0.3, -0.25) is 4.68 Å². The van der Waals surface area contributed by atoms with Gasteiger partial charge < -0.3 is 14.7 Å². The maximum atomic E-state index is 12.3. The zero-order chi connectivity index (χ0) is 17.7. The highest BCUT2D eigenvalue weighted by Gasteiger charge is 2.29. The Labute approximate surface area is 143 Å². The van der Waals surface area contributed by atoms with E-state index < -0.39 is 5.60 Å².